The summed E-state index contributed by atoms with van der Waals surface area (Å²) < 4.78 is 10.5. The zero-order valence-corrected chi connectivity index (χ0v) is 16.2. The molecule has 0 unspecified atom stereocenters. The molecule has 0 aliphatic heterocycles. The summed E-state index contributed by atoms with van der Waals surface area (Å²) in [7, 11) is 2.89. The van der Waals surface area contributed by atoms with Gasteiger partial charge in [-0.15, -0.1) is 0 Å². The number of nitrogens with zero attached hydrogens (tertiary/aromatic N) is 1. The third-order valence-electron chi connectivity index (χ3n) is 3.36. The number of nitrogens with one attached hydrogen (secondary N) is 1. The van der Waals surface area contributed by atoms with Crippen LogP contribution in [0.4, 0.5) is 5.69 Å². The molecule has 0 radical (unpaired) electrons. The lowest BCUT2D eigenvalue weighted by Crippen LogP contribution is -2.13. The molecule has 2 aromatic rings. The number of rotatable bonds is 5. The Kier molecular flexibility index (Phi) is 6.50. The van der Waals surface area contributed by atoms with Crippen LogP contribution in [0.15, 0.2) is 40.4 Å². The summed E-state index contributed by atoms with van der Waals surface area (Å²) in [5, 5.41) is 22.1. The van der Waals surface area contributed by atoms with Gasteiger partial charge in [-0.3, -0.25) is 4.79 Å². The molecule has 26 heavy (non-hydrogen) atoms. The first-order valence-electron chi connectivity index (χ1n) is 7.22. The standard InChI is InChI=1S/C18H14BrClN2O4/c1-25-15-4-3-12(8-14(15)20)22-18(24)11(9-21)5-10-6-13(19)17(23)16(7-10)26-2/h3-8,23H,1-2H3,(H,22,24). The molecule has 2 aromatic carbocycles. The first-order valence-corrected chi connectivity index (χ1v) is 8.40. The largest absolute Gasteiger partial charge is 0.503 e. The molecular weight excluding hydrogens is 424 g/mol. The normalized spacial score (nSPS) is 10.8. The van der Waals surface area contributed by atoms with Gasteiger partial charge >= 0.3 is 0 Å². The van der Waals surface area contributed by atoms with E-state index in [9.17, 15) is 15.2 Å². The maximum atomic E-state index is 12.4. The molecule has 0 fully saturated rings. The smallest absolute Gasteiger partial charge is 0.266 e. The predicted molar refractivity (Wildman–Crippen MR) is 103 cm³/mol. The van der Waals surface area contributed by atoms with E-state index in [0.29, 0.717) is 26.5 Å². The van der Waals surface area contributed by atoms with Crippen molar-refractivity contribution in [3.05, 3.63) is 51.0 Å². The Balaban J connectivity index is 2.29. The topological polar surface area (TPSA) is 91.6 Å². The summed E-state index contributed by atoms with van der Waals surface area (Å²) in [6.45, 7) is 0. The molecule has 0 saturated heterocycles. The maximum absolute atomic E-state index is 12.4. The van der Waals surface area contributed by atoms with E-state index in [4.69, 9.17) is 21.1 Å². The van der Waals surface area contributed by atoms with Crippen molar-refractivity contribution in [1.82, 2.24) is 0 Å². The van der Waals surface area contributed by atoms with Gasteiger partial charge in [0.1, 0.15) is 17.4 Å². The van der Waals surface area contributed by atoms with Gasteiger partial charge in [0.15, 0.2) is 11.5 Å². The number of halogens is 2. The number of hydrogen-bond acceptors (Lipinski definition) is 5. The van der Waals surface area contributed by atoms with Crippen LogP contribution in [-0.2, 0) is 4.79 Å². The molecule has 0 saturated carbocycles. The summed E-state index contributed by atoms with van der Waals surface area (Å²) in [6, 6.07) is 9.66. The summed E-state index contributed by atoms with van der Waals surface area (Å²) >= 11 is 9.22. The molecule has 0 aliphatic carbocycles. The number of phenolic OH excluding ortho intramolecular Hbond substituents is 1. The summed E-state index contributed by atoms with van der Waals surface area (Å²) in [6.07, 6.45) is 1.38. The van der Waals surface area contributed by atoms with Gasteiger partial charge in [0.25, 0.3) is 5.91 Å². The Labute approximate surface area is 163 Å². The maximum Gasteiger partial charge on any atom is 0.266 e. The van der Waals surface area contributed by atoms with E-state index < -0.39 is 5.91 Å². The molecule has 0 heterocycles. The van der Waals surface area contributed by atoms with Crippen LogP contribution < -0.4 is 14.8 Å². The van der Waals surface area contributed by atoms with Crippen molar-refractivity contribution in [2.45, 2.75) is 0 Å². The Hall–Kier alpha value is -2.69. The molecule has 2 N–H and O–H groups in total. The quantitative estimate of drug-likeness (QED) is 0.535. The van der Waals surface area contributed by atoms with E-state index in [-0.39, 0.29) is 17.1 Å². The fraction of sp³-hybridized carbons (Fsp3) is 0.111. The highest BCUT2D eigenvalue weighted by molar-refractivity contribution is 9.10. The van der Waals surface area contributed by atoms with Crippen molar-refractivity contribution in [2.24, 2.45) is 0 Å². The Morgan fingerprint density at radius 1 is 1.27 bits per heavy atom. The number of amides is 1. The minimum absolute atomic E-state index is 0.0690. The number of methoxy groups -OCH3 is 2. The molecule has 0 aliphatic rings. The lowest BCUT2D eigenvalue weighted by molar-refractivity contribution is -0.112. The molecular formula is C18H14BrClN2O4. The molecule has 0 bridgehead atoms. The number of benzene rings is 2. The van der Waals surface area contributed by atoms with Crippen molar-refractivity contribution in [3.63, 3.8) is 0 Å². The monoisotopic (exact) mass is 436 g/mol. The van der Waals surface area contributed by atoms with Crippen LogP contribution in [0.1, 0.15) is 5.56 Å². The second-order valence-corrected chi connectivity index (χ2v) is 6.29. The van der Waals surface area contributed by atoms with Crippen molar-refractivity contribution in [1.29, 1.82) is 5.26 Å². The van der Waals surface area contributed by atoms with Gasteiger partial charge < -0.3 is 19.9 Å². The lowest BCUT2D eigenvalue weighted by atomic mass is 10.1. The molecule has 6 nitrogen and oxygen atoms in total. The van der Waals surface area contributed by atoms with E-state index >= 15 is 0 Å². The van der Waals surface area contributed by atoms with Crippen LogP contribution in [0.3, 0.4) is 0 Å². The predicted octanol–water partition coefficient (Wildman–Crippen LogP) is 4.37. The van der Waals surface area contributed by atoms with Crippen LogP contribution in [0.5, 0.6) is 17.2 Å². The number of nitriles is 1. The molecule has 134 valence electrons. The average Bonchev–Trinajstić information content (AvgIpc) is 2.62. The number of hydrogen-bond donors (Lipinski definition) is 2. The van der Waals surface area contributed by atoms with Gasteiger partial charge in [0.2, 0.25) is 0 Å². The second-order valence-electron chi connectivity index (χ2n) is 5.03. The Morgan fingerprint density at radius 3 is 2.54 bits per heavy atom. The third-order valence-corrected chi connectivity index (χ3v) is 4.26. The minimum atomic E-state index is -0.600. The number of phenols is 1. The highest BCUT2D eigenvalue weighted by atomic mass is 79.9. The molecule has 0 spiro atoms. The molecule has 1 amide bonds. The van der Waals surface area contributed by atoms with Gasteiger partial charge in [-0.1, -0.05) is 11.6 Å². The van der Waals surface area contributed by atoms with Crippen LogP contribution in [0.25, 0.3) is 6.08 Å². The first-order chi connectivity index (χ1) is 12.4. The molecule has 0 aromatic heterocycles. The SMILES string of the molecule is COc1ccc(NC(=O)C(C#N)=Cc2cc(Br)c(O)c(OC)c2)cc1Cl. The lowest BCUT2D eigenvalue weighted by Gasteiger charge is -2.09. The van der Waals surface area contributed by atoms with E-state index in [2.05, 4.69) is 21.2 Å². The fourth-order valence-electron chi connectivity index (χ4n) is 2.09. The molecule has 8 heteroatoms. The van der Waals surface area contributed by atoms with Crippen molar-refractivity contribution in [2.75, 3.05) is 19.5 Å². The molecule has 0 atom stereocenters. The van der Waals surface area contributed by atoms with Crippen LogP contribution >= 0.6 is 27.5 Å². The zero-order chi connectivity index (χ0) is 19.3. The van der Waals surface area contributed by atoms with Crippen molar-refractivity contribution < 1.29 is 19.4 Å². The number of ether oxygens (including phenoxy) is 2. The number of carbonyl (C=O) groups excluding carboxylic acids is 1. The Morgan fingerprint density at radius 2 is 1.96 bits per heavy atom. The minimum Gasteiger partial charge on any atom is -0.503 e. The molecule has 2 rings (SSSR count). The van der Waals surface area contributed by atoms with Crippen LogP contribution in [0, 0.1) is 11.3 Å². The summed E-state index contributed by atoms with van der Waals surface area (Å²) in [5.74, 6) is 0.0180. The van der Waals surface area contributed by atoms with E-state index in [1.54, 1.807) is 18.2 Å². The summed E-state index contributed by atoms with van der Waals surface area (Å²) in [5.41, 5.74) is 0.800. The Bertz CT molecular complexity index is 922. The van der Waals surface area contributed by atoms with Crippen molar-refractivity contribution >= 4 is 45.2 Å². The van der Waals surface area contributed by atoms with Gasteiger partial charge in [0.05, 0.1) is 23.7 Å². The third kappa shape index (κ3) is 4.48. The average molecular weight is 438 g/mol. The number of carbonyl (C=O) groups is 1. The number of aromatic hydroxyl groups is 1. The second kappa shape index (κ2) is 8.61. The van der Waals surface area contributed by atoms with Crippen LogP contribution in [-0.4, -0.2) is 25.2 Å². The zero-order valence-electron chi connectivity index (χ0n) is 13.8. The van der Waals surface area contributed by atoms with Gasteiger partial charge in [-0.05, 0) is 57.9 Å². The highest BCUT2D eigenvalue weighted by Gasteiger charge is 2.13. The van der Waals surface area contributed by atoms with E-state index in [1.165, 1.54) is 32.4 Å². The van der Waals surface area contributed by atoms with Crippen molar-refractivity contribution in [3.8, 4) is 23.3 Å². The fourth-order valence-corrected chi connectivity index (χ4v) is 2.81. The van der Waals surface area contributed by atoms with Gasteiger partial charge in [-0.25, -0.2) is 0 Å². The summed E-state index contributed by atoms with van der Waals surface area (Å²) in [4.78, 5) is 12.4. The van der Waals surface area contributed by atoms with E-state index in [1.807, 2.05) is 6.07 Å². The van der Waals surface area contributed by atoms with Gasteiger partial charge in [-0.2, -0.15) is 5.26 Å². The van der Waals surface area contributed by atoms with Crippen LogP contribution in [0.2, 0.25) is 5.02 Å². The van der Waals surface area contributed by atoms with E-state index in [0.717, 1.165) is 0 Å². The first kappa shape index (κ1) is 19.6. The highest BCUT2D eigenvalue weighted by Crippen LogP contribution is 2.35. The van der Waals surface area contributed by atoms with Gasteiger partial charge in [0, 0.05) is 5.69 Å². The number of anilines is 1.